The van der Waals surface area contributed by atoms with Crippen LogP contribution in [0, 0.1) is 5.41 Å². The summed E-state index contributed by atoms with van der Waals surface area (Å²) >= 11 is 0. The van der Waals surface area contributed by atoms with Gasteiger partial charge in [0.15, 0.2) is 0 Å². The van der Waals surface area contributed by atoms with Gasteiger partial charge in [-0.05, 0) is 75.9 Å². The van der Waals surface area contributed by atoms with Crippen LogP contribution in [0.15, 0.2) is 40.6 Å². The number of carbonyl (C=O) groups is 3. The summed E-state index contributed by atoms with van der Waals surface area (Å²) < 4.78 is -0.332. The van der Waals surface area contributed by atoms with Gasteiger partial charge >= 0.3 is 5.91 Å². The molecule has 32 heavy (non-hydrogen) atoms. The zero-order chi connectivity index (χ0) is 22.7. The van der Waals surface area contributed by atoms with E-state index in [4.69, 9.17) is 10.8 Å². The number of quaternary nitrogens is 1. The van der Waals surface area contributed by atoms with E-state index in [9.17, 15) is 14.4 Å². The quantitative estimate of drug-likeness (QED) is 0.644. The number of H-pyrrole nitrogens is 1. The molecule has 1 fully saturated rings. The summed E-state index contributed by atoms with van der Waals surface area (Å²) in [4.78, 5) is 41.9. The number of nitrogens with one attached hydrogen (secondary N) is 2. The fourth-order valence-electron chi connectivity index (χ4n) is 5.57. The second kappa shape index (κ2) is 7.21. The lowest BCUT2D eigenvalue weighted by Crippen LogP contribution is -2.54. The van der Waals surface area contributed by atoms with Gasteiger partial charge in [-0.3, -0.25) is 9.59 Å². The highest BCUT2D eigenvalue weighted by atomic mass is 16.2. The normalized spacial score (nSPS) is 24.5. The summed E-state index contributed by atoms with van der Waals surface area (Å²) in [5.74, 6) is -0.760. The standard InChI is InChI=1S/C24H27N5O3/c1-14(2)29(23(32)15-3-4-18-16(9-15)10-19(28-18)22(25)31)21-17(13-27-29)11-24(12-20(21)30)5-7-26-8-6-24/h3-4,9-10,13-14,26H,5-8,11-12H2,1-2H3,(H2-,25,28,31,32)/p+1. The smallest absolute Gasteiger partial charge is 0.364 e. The van der Waals surface area contributed by atoms with Crippen molar-refractivity contribution < 1.29 is 19.0 Å². The number of Topliss-reactive ketones (excluding diaryl/α,β-unsaturated/α-hetero) is 1. The largest absolute Gasteiger partial charge is 0.377 e. The van der Waals surface area contributed by atoms with Crippen molar-refractivity contribution in [2.45, 2.75) is 45.6 Å². The maximum absolute atomic E-state index is 13.9. The number of primary amides is 1. The van der Waals surface area contributed by atoms with Crippen molar-refractivity contribution in [1.29, 1.82) is 0 Å². The first-order valence-corrected chi connectivity index (χ1v) is 11.2. The maximum atomic E-state index is 13.9. The summed E-state index contributed by atoms with van der Waals surface area (Å²) in [6, 6.07) is 6.61. The predicted molar refractivity (Wildman–Crippen MR) is 121 cm³/mol. The highest BCUT2D eigenvalue weighted by molar-refractivity contribution is 6.07. The Bertz CT molecular complexity index is 1220. The van der Waals surface area contributed by atoms with E-state index in [2.05, 4.69) is 10.3 Å². The number of nitrogens with two attached hydrogens (primary N) is 1. The fraction of sp³-hybridized carbons (Fsp3) is 0.417. The molecular formula is C24H28N5O3+. The molecule has 4 N–H and O–H groups in total. The molecule has 0 radical (unpaired) electrons. The molecule has 1 saturated heterocycles. The summed E-state index contributed by atoms with van der Waals surface area (Å²) in [6.07, 6.45) is 4.94. The fourth-order valence-corrected chi connectivity index (χ4v) is 5.57. The minimum atomic E-state index is -0.557. The lowest BCUT2D eigenvalue weighted by Gasteiger charge is -2.41. The van der Waals surface area contributed by atoms with Crippen molar-refractivity contribution in [2.24, 2.45) is 16.3 Å². The van der Waals surface area contributed by atoms with E-state index in [-0.39, 0.29) is 33.4 Å². The Kier molecular flexibility index (Phi) is 4.69. The molecule has 3 aliphatic rings. The molecule has 166 valence electrons. The Morgan fingerprint density at radius 3 is 2.59 bits per heavy atom. The van der Waals surface area contributed by atoms with Crippen LogP contribution in [0.3, 0.4) is 0 Å². The molecule has 1 aliphatic carbocycles. The van der Waals surface area contributed by atoms with Gasteiger partial charge in [0.25, 0.3) is 5.91 Å². The van der Waals surface area contributed by atoms with Gasteiger partial charge in [0.2, 0.25) is 11.5 Å². The number of nitrogens with zero attached hydrogens (tertiary/aromatic N) is 2. The van der Waals surface area contributed by atoms with E-state index in [0.29, 0.717) is 23.1 Å². The molecule has 2 aromatic rings. The van der Waals surface area contributed by atoms with Gasteiger partial charge in [-0.1, -0.05) is 9.69 Å². The van der Waals surface area contributed by atoms with Crippen LogP contribution >= 0.6 is 0 Å². The third-order valence-electron chi connectivity index (χ3n) is 7.26. The predicted octanol–water partition coefficient (Wildman–Crippen LogP) is 2.62. The SMILES string of the molecule is CC(C)[N+]1(C(=O)c2ccc3[nH]c(C(N)=O)cc3c2)N=CC2=C1C(=O)CC1(CCNCC1)C2. The summed E-state index contributed by atoms with van der Waals surface area (Å²) in [6.45, 7) is 5.68. The number of amides is 2. The summed E-state index contributed by atoms with van der Waals surface area (Å²) in [7, 11) is 0. The molecule has 5 rings (SSSR count). The highest BCUT2D eigenvalue weighted by Gasteiger charge is 2.57. The van der Waals surface area contributed by atoms with Crippen LogP contribution in [-0.4, -0.2) is 52.5 Å². The molecule has 1 aromatic carbocycles. The summed E-state index contributed by atoms with van der Waals surface area (Å²) in [5.41, 5.74) is 8.24. The zero-order valence-corrected chi connectivity index (χ0v) is 18.4. The molecule has 1 aromatic heterocycles. The van der Waals surface area contributed by atoms with Crippen molar-refractivity contribution in [1.82, 2.24) is 10.3 Å². The van der Waals surface area contributed by atoms with Gasteiger partial charge in [0.1, 0.15) is 11.7 Å². The topological polar surface area (TPSA) is 117 Å². The first-order valence-electron chi connectivity index (χ1n) is 11.2. The molecule has 1 atom stereocenters. The average molecular weight is 435 g/mol. The number of fused-ring (bicyclic) bond motifs is 1. The Labute approximate surface area is 186 Å². The third kappa shape index (κ3) is 2.97. The number of ketones is 1. The number of hydrogen-bond donors (Lipinski definition) is 3. The molecule has 3 heterocycles. The minimum absolute atomic E-state index is 0.0254. The van der Waals surface area contributed by atoms with E-state index >= 15 is 0 Å². The van der Waals surface area contributed by atoms with Crippen LogP contribution in [0.1, 0.15) is 60.4 Å². The Morgan fingerprint density at radius 1 is 1.16 bits per heavy atom. The molecule has 8 heteroatoms. The van der Waals surface area contributed by atoms with Gasteiger partial charge in [-0.15, -0.1) is 0 Å². The van der Waals surface area contributed by atoms with E-state index in [1.807, 2.05) is 13.8 Å². The Balaban J connectivity index is 1.57. The van der Waals surface area contributed by atoms with Crippen LogP contribution in [0.5, 0.6) is 0 Å². The van der Waals surface area contributed by atoms with Gasteiger partial charge in [-0.2, -0.15) is 0 Å². The van der Waals surface area contributed by atoms with Crippen molar-refractivity contribution in [2.75, 3.05) is 13.1 Å². The summed E-state index contributed by atoms with van der Waals surface area (Å²) in [5, 5.41) is 8.79. The van der Waals surface area contributed by atoms with Crippen molar-refractivity contribution in [3.63, 3.8) is 0 Å². The first kappa shape index (κ1) is 20.8. The number of carbonyl (C=O) groups excluding carboxylic acids is 3. The van der Waals surface area contributed by atoms with Crippen LogP contribution < -0.4 is 11.1 Å². The Morgan fingerprint density at radius 2 is 1.91 bits per heavy atom. The van der Waals surface area contributed by atoms with Gasteiger partial charge in [0, 0.05) is 22.9 Å². The van der Waals surface area contributed by atoms with E-state index in [1.165, 1.54) is 0 Å². The number of aromatic nitrogens is 1. The van der Waals surface area contributed by atoms with E-state index < -0.39 is 5.91 Å². The number of hydrogen-bond acceptors (Lipinski definition) is 5. The maximum Gasteiger partial charge on any atom is 0.377 e. The van der Waals surface area contributed by atoms with Gasteiger partial charge < -0.3 is 16.0 Å². The van der Waals surface area contributed by atoms with Crippen LogP contribution in [0.2, 0.25) is 0 Å². The van der Waals surface area contributed by atoms with Crippen molar-refractivity contribution >= 4 is 34.7 Å². The highest BCUT2D eigenvalue weighted by Crippen LogP contribution is 2.48. The van der Waals surface area contributed by atoms with Gasteiger partial charge in [-0.25, -0.2) is 4.79 Å². The number of piperidine rings is 1. The van der Waals surface area contributed by atoms with Crippen LogP contribution in [0.4, 0.5) is 0 Å². The van der Waals surface area contributed by atoms with Crippen LogP contribution in [-0.2, 0) is 4.79 Å². The third-order valence-corrected chi connectivity index (χ3v) is 7.26. The number of allylic oxidation sites excluding steroid dienone is 2. The second-order valence-corrected chi connectivity index (χ2v) is 9.58. The monoisotopic (exact) mass is 434 g/mol. The van der Waals surface area contributed by atoms with Gasteiger partial charge in [0.05, 0.1) is 11.8 Å². The molecule has 1 spiro atoms. The molecule has 1 unspecified atom stereocenters. The molecule has 2 aliphatic heterocycles. The van der Waals surface area contributed by atoms with E-state index in [0.717, 1.165) is 43.4 Å². The Hall–Kier alpha value is -3.10. The number of aromatic amines is 1. The van der Waals surface area contributed by atoms with Crippen molar-refractivity contribution in [3.05, 3.63) is 46.8 Å². The average Bonchev–Trinajstić information content (AvgIpc) is 3.35. The van der Waals surface area contributed by atoms with Crippen molar-refractivity contribution in [3.8, 4) is 0 Å². The van der Waals surface area contributed by atoms with Crippen LogP contribution in [0.25, 0.3) is 10.9 Å². The second-order valence-electron chi connectivity index (χ2n) is 9.58. The minimum Gasteiger partial charge on any atom is -0.364 e. The lowest BCUT2D eigenvalue weighted by molar-refractivity contribution is -0.833. The molecule has 2 amide bonds. The lowest BCUT2D eigenvalue weighted by atomic mass is 9.67. The first-order chi connectivity index (χ1) is 15.3. The number of rotatable bonds is 3. The molecule has 8 nitrogen and oxygen atoms in total. The molecular weight excluding hydrogens is 406 g/mol. The van der Waals surface area contributed by atoms with E-state index in [1.54, 1.807) is 30.5 Å². The zero-order valence-electron chi connectivity index (χ0n) is 18.4. The number of benzene rings is 1. The molecule has 0 saturated carbocycles. The molecule has 0 bridgehead atoms.